The number of fused-ring (bicyclic) bond motifs is 5. The van der Waals surface area contributed by atoms with Crippen LogP contribution in [-0.4, -0.2) is 18.9 Å². The van der Waals surface area contributed by atoms with Crippen LogP contribution in [-0.2, 0) is 16.0 Å². The second-order valence-corrected chi connectivity index (χ2v) is 7.52. The Morgan fingerprint density at radius 1 is 1.26 bits per heavy atom. The number of nitrogens with one attached hydrogen (secondary N) is 1. The summed E-state index contributed by atoms with van der Waals surface area (Å²) in [5.41, 5.74) is 2.40. The number of rotatable bonds is 1. The molecular formula is C19H23NO3. The van der Waals surface area contributed by atoms with E-state index >= 15 is 0 Å². The standard InChI is InChI=1S/C19H23NO3/c1-19-8-7-14-13-6-4-12(23-2)9-11(13)3-5-15(14)16(19)10-17(21)20-18(19)22/h4,6,9,14-16H,3,5,7-8,10H2,1-2H3,(H,20,21,22)/t14-,15-,16+,19+/m1/s1. The lowest BCUT2D eigenvalue weighted by atomic mass is 9.52. The lowest BCUT2D eigenvalue weighted by Gasteiger charge is -2.52. The molecular weight excluding hydrogens is 290 g/mol. The van der Waals surface area contributed by atoms with Crippen LogP contribution in [0.1, 0.15) is 49.7 Å². The van der Waals surface area contributed by atoms with E-state index in [0.29, 0.717) is 18.3 Å². The second kappa shape index (κ2) is 5.08. The summed E-state index contributed by atoms with van der Waals surface area (Å²) in [6, 6.07) is 6.38. The van der Waals surface area contributed by atoms with E-state index in [-0.39, 0.29) is 23.1 Å². The molecule has 1 heterocycles. The number of benzene rings is 1. The SMILES string of the molecule is COc1ccc2c(c1)CC[C@@H]1[C@@H]2CC[C@]2(C)C(=O)NC(=O)C[C@@H]12. The van der Waals surface area contributed by atoms with Crippen molar-refractivity contribution in [2.45, 2.75) is 44.9 Å². The molecule has 1 N–H and O–H groups in total. The van der Waals surface area contributed by atoms with Crippen LogP contribution in [0.3, 0.4) is 0 Å². The van der Waals surface area contributed by atoms with E-state index in [9.17, 15) is 9.59 Å². The van der Waals surface area contributed by atoms with Crippen LogP contribution >= 0.6 is 0 Å². The van der Waals surface area contributed by atoms with Gasteiger partial charge in [0.1, 0.15) is 5.75 Å². The first-order valence-electron chi connectivity index (χ1n) is 8.54. The molecule has 0 spiro atoms. The summed E-state index contributed by atoms with van der Waals surface area (Å²) in [5, 5.41) is 2.55. The topological polar surface area (TPSA) is 55.4 Å². The highest BCUT2D eigenvalue weighted by atomic mass is 16.5. The molecule has 1 aliphatic heterocycles. The Morgan fingerprint density at radius 2 is 2.09 bits per heavy atom. The number of amides is 2. The highest BCUT2D eigenvalue weighted by molar-refractivity contribution is 6.01. The Balaban J connectivity index is 1.71. The summed E-state index contributed by atoms with van der Waals surface area (Å²) in [6.45, 7) is 2.05. The van der Waals surface area contributed by atoms with E-state index in [2.05, 4.69) is 24.4 Å². The van der Waals surface area contributed by atoms with E-state index in [0.717, 1.165) is 31.4 Å². The van der Waals surface area contributed by atoms with Gasteiger partial charge in [-0.25, -0.2) is 0 Å². The van der Waals surface area contributed by atoms with E-state index in [1.54, 1.807) is 7.11 Å². The number of carbonyl (C=O) groups excluding carboxylic acids is 2. The number of piperidine rings is 1. The number of hydrogen-bond donors (Lipinski definition) is 1. The summed E-state index contributed by atoms with van der Waals surface area (Å²) in [5.74, 6) is 1.84. The second-order valence-electron chi connectivity index (χ2n) is 7.52. The number of methoxy groups -OCH3 is 1. The van der Waals surface area contributed by atoms with Gasteiger partial charge < -0.3 is 4.74 Å². The number of imide groups is 1. The van der Waals surface area contributed by atoms with Crippen LogP contribution in [0.15, 0.2) is 18.2 Å². The molecule has 0 aromatic heterocycles. The summed E-state index contributed by atoms with van der Waals surface area (Å²) < 4.78 is 5.35. The molecule has 0 radical (unpaired) electrons. The van der Waals surface area contributed by atoms with Gasteiger partial charge in [0.25, 0.3) is 0 Å². The zero-order chi connectivity index (χ0) is 16.2. The third kappa shape index (κ3) is 2.11. The molecule has 2 amide bonds. The predicted octanol–water partition coefficient (Wildman–Crippen LogP) is 2.80. The van der Waals surface area contributed by atoms with Crippen molar-refractivity contribution in [1.82, 2.24) is 5.32 Å². The largest absolute Gasteiger partial charge is 0.497 e. The van der Waals surface area contributed by atoms with Crippen LogP contribution in [0.5, 0.6) is 5.75 Å². The van der Waals surface area contributed by atoms with Crippen molar-refractivity contribution < 1.29 is 14.3 Å². The summed E-state index contributed by atoms with van der Waals surface area (Å²) >= 11 is 0. The van der Waals surface area contributed by atoms with Crippen molar-refractivity contribution in [3.05, 3.63) is 29.3 Å². The van der Waals surface area contributed by atoms with Gasteiger partial charge in [0.15, 0.2) is 0 Å². The van der Waals surface area contributed by atoms with Gasteiger partial charge in [-0.1, -0.05) is 13.0 Å². The van der Waals surface area contributed by atoms with Crippen LogP contribution < -0.4 is 10.1 Å². The summed E-state index contributed by atoms with van der Waals surface area (Å²) in [7, 11) is 1.70. The third-order valence-electron chi connectivity index (χ3n) is 6.50. The molecule has 3 aliphatic rings. The average Bonchev–Trinajstić information content (AvgIpc) is 2.55. The predicted molar refractivity (Wildman–Crippen MR) is 86.1 cm³/mol. The molecule has 1 saturated carbocycles. The molecule has 122 valence electrons. The van der Waals surface area contributed by atoms with Gasteiger partial charge >= 0.3 is 0 Å². The van der Waals surface area contributed by atoms with Crippen LogP contribution in [0, 0.1) is 17.3 Å². The Bertz CT molecular complexity index is 683. The maximum Gasteiger partial charge on any atom is 0.232 e. The first-order chi connectivity index (χ1) is 11.0. The zero-order valence-electron chi connectivity index (χ0n) is 13.7. The summed E-state index contributed by atoms with van der Waals surface area (Å²) in [4.78, 5) is 24.3. The molecule has 0 bridgehead atoms. The van der Waals surface area contributed by atoms with Gasteiger partial charge in [0.2, 0.25) is 11.8 Å². The van der Waals surface area contributed by atoms with Gasteiger partial charge in [0.05, 0.1) is 12.5 Å². The summed E-state index contributed by atoms with van der Waals surface area (Å²) in [6.07, 6.45) is 4.46. The molecule has 2 aliphatic carbocycles. The Morgan fingerprint density at radius 3 is 2.87 bits per heavy atom. The fraction of sp³-hybridized carbons (Fsp3) is 0.579. The minimum atomic E-state index is -0.376. The molecule has 4 atom stereocenters. The fourth-order valence-electron chi connectivity index (χ4n) is 5.18. The molecule has 1 aromatic carbocycles. The zero-order valence-corrected chi connectivity index (χ0v) is 13.7. The van der Waals surface area contributed by atoms with Gasteiger partial charge in [-0.2, -0.15) is 0 Å². The number of carbonyl (C=O) groups is 2. The van der Waals surface area contributed by atoms with Crippen LogP contribution in [0.4, 0.5) is 0 Å². The maximum absolute atomic E-state index is 12.4. The van der Waals surface area contributed by atoms with Crippen LogP contribution in [0.25, 0.3) is 0 Å². The molecule has 4 heteroatoms. The van der Waals surface area contributed by atoms with E-state index < -0.39 is 0 Å². The molecule has 2 fully saturated rings. The van der Waals surface area contributed by atoms with Crippen molar-refractivity contribution >= 4 is 11.8 Å². The molecule has 4 rings (SSSR count). The monoisotopic (exact) mass is 313 g/mol. The van der Waals surface area contributed by atoms with Gasteiger partial charge in [-0.05, 0) is 66.7 Å². The van der Waals surface area contributed by atoms with E-state index in [1.165, 1.54) is 11.1 Å². The van der Waals surface area contributed by atoms with Gasteiger partial charge in [-0.3, -0.25) is 14.9 Å². The maximum atomic E-state index is 12.4. The lowest BCUT2D eigenvalue weighted by Crippen LogP contribution is -2.57. The number of hydrogen-bond acceptors (Lipinski definition) is 3. The average molecular weight is 313 g/mol. The minimum Gasteiger partial charge on any atom is -0.497 e. The molecule has 1 saturated heterocycles. The third-order valence-corrected chi connectivity index (χ3v) is 6.50. The molecule has 1 aromatic rings. The number of ether oxygens (including phenoxy) is 1. The highest BCUT2D eigenvalue weighted by Gasteiger charge is 2.54. The Kier molecular flexibility index (Phi) is 3.26. The van der Waals surface area contributed by atoms with Crippen molar-refractivity contribution in [1.29, 1.82) is 0 Å². The van der Waals surface area contributed by atoms with Crippen molar-refractivity contribution in [2.24, 2.45) is 17.3 Å². The van der Waals surface area contributed by atoms with E-state index in [4.69, 9.17) is 4.74 Å². The minimum absolute atomic E-state index is 0.0577. The molecule has 4 nitrogen and oxygen atoms in total. The first kappa shape index (κ1) is 14.7. The first-order valence-corrected chi connectivity index (χ1v) is 8.54. The van der Waals surface area contributed by atoms with Gasteiger partial charge in [0, 0.05) is 6.42 Å². The Hall–Kier alpha value is -1.84. The highest BCUT2D eigenvalue weighted by Crippen LogP contribution is 2.56. The van der Waals surface area contributed by atoms with Gasteiger partial charge in [-0.15, -0.1) is 0 Å². The smallest absolute Gasteiger partial charge is 0.232 e. The number of aryl methyl sites for hydroxylation is 1. The fourth-order valence-corrected chi connectivity index (χ4v) is 5.18. The quantitative estimate of drug-likeness (QED) is 0.811. The van der Waals surface area contributed by atoms with Crippen molar-refractivity contribution in [3.8, 4) is 5.75 Å². The van der Waals surface area contributed by atoms with Crippen molar-refractivity contribution in [3.63, 3.8) is 0 Å². The molecule has 23 heavy (non-hydrogen) atoms. The normalized spacial score (nSPS) is 35.7. The molecule has 0 unspecified atom stereocenters. The van der Waals surface area contributed by atoms with Crippen LogP contribution in [0.2, 0.25) is 0 Å². The lowest BCUT2D eigenvalue weighted by molar-refractivity contribution is -0.151. The Labute approximate surface area is 136 Å². The van der Waals surface area contributed by atoms with E-state index in [1.807, 2.05) is 6.07 Å². The van der Waals surface area contributed by atoms with Crippen molar-refractivity contribution in [2.75, 3.05) is 7.11 Å².